The van der Waals surface area contributed by atoms with Crippen LogP contribution in [0.1, 0.15) is 43.0 Å². The molecule has 20 heavy (non-hydrogen) atoms. The van der Waals surface area contributed by atoms with Gasteiger partial charge < -0.3 is 5.32 Å². The van der Waals surface area contributed by atoms with E-state index in [9.17, 15) is 8.42 Å². The van der Waals surface area contributed by atoms with Gasteiger partial charge in [-0.15, -0.1) is 0 Å². The van der Waals surface area contributed by atoms with Crippen LogP contribution in [0.25, 0.3) is 0 Å². The van der Waals surface area contributed by atoms with Crippen molar-refractivity contribution in [3.05, 3.63) is 16.5 Å². The summed E-state index contributed by atoms with van der Waals surface area (Å²) in [6.45, 7) is 2.26. The molecular weight excluding hydrogens is 298 g/mol. The number of aromatic nitrogens is 2. The lowest BCUT2D eigenvalue weighted by molar-refractivity contribution is 0.591. The minimum absolute atomic E-state index is 0.302. The zero-order chi connectivity index (χ0) is 14.3. The highest BCUT2D eigenvalue weighted by Crippen LogP contribution is 2.39. The lowest BCUT2D eigenvalue weighted by Crippen LogP contribution is -2.25. The molecule has 0 aromatic carbocycles. The number of hydrogen-bond donors (Lipinski definition) is 1. The van der Waals surface area contributed by atoms with Crippen LogP contribution in [0.2, 0.25) is 5.15 Å². The molecule has 0 radical (unpaired) electrons. The van der Waals surface area contributed by atoms with Gasteiger partial charge in [0.1, 0.15) is 16.8 Å². The largest absolute Gasteiger partial charge is 0.368 e. The summed E-state index contributed by atoms with van der Waals surface area (Å²) in [7, 11) is -2.93. The van der Waals surface area contributed by atoms with Gasteiger partial charge in [0.05, 0.1) is 11.0 Å². The molecule has 1 aliphatic carbocycles. The molecule has 3 rings (SSSR count). The first-order valence-corrected chi connectivity index (χ1v) is 9.06. The van der Waals surface area contributed by atoms with Crippen LogP contribution in [0.15, 0.2) is 0 Å². The molecule has 2 aliphatic rings. The van der Waals surface area contributed by atoms with Crippen LogP contribution in [-0.4, -0.2) is 35.9 Å². The summed E-state index contributed by atoms with van der Waals surface area (Å²) in [6, 6.07) is 0. The Morgan fingerprint density at radius 2 is 2.05 bits per heavy atom. The molecule has 1 N–H and O–H groups in total. The highest BCUT2D eigenvalue weighted by atomic mass is 35.5. The second kappa shape index (κ2) is 5.15. The average Bonchev–Trinajstić information content (AvgIpc) is 3.17. The Labute approximate surface area is 124 Å². The van der Waals surface area contributed by atoms with Crippen LogP contribution in [0.5, 0.6) is 0 Å². The van der Waals surface area contributed by atoms with Crippen LogP contribution in [0.3, 0.4) is 0 Å². The summed E-state index contributed by atoms with van der Waals surface area (Å²) in [5.74, 6) is 2.17. The molecule has 0 spiro atoms. The van der Waals surface area contributed by atoms with E-state index in [1.807, 2.05) is 6.92 Å². The molecule has 1 saturated carbocycles. The predicted octanol–water partition coefficient (Wildman–Crippen LogP) is 2.30. The lowest BCUT2D eigenvalue weighted by atomic mass is 10.2. The van der Waals surface area contributed by atoms with Crippen molar-refractivity contribution in [1.29, 1.82) is 0 Å². The topological polar surface area (TPSA) is 72.0 Å². The lowest BCUT2D eigenvalue weighted by Gasteiger charge is -2.14. The number of rotatable bonds is 4. The summed E-state index contributed by atoms with van der Waals surface area (Å²) < 4.78 is 23.6. The number of hydrogen-bond acceptors (Lipinski definition) is 5. The van der Waals surface area contributed by atoms with Crippen LogP contribution in [0.4, 0.5) is 5.82 Å². The predicted molar refractivity (Wildman–Crippen MR) is 79.1 cm³/mol. The van der Waals surface area contributed by atoms with Gasteiger partial charge in [0.15, 0.2) is 9.84 Å². The van der Waals surface area contributed by atoms with E-state index in [2.05, 4.69) is 15.3 Å². The van der Waals surface area contributed by atoms with Gasteiger partial charge in [-0.3, -0.25) is 0 Å². The van der Waals surface area contributed by atoms with Crippen molar-refractivity contribution in [2.75, 3.05) is 17.6 Å². The second-order valence-electron chi connectivity index (χ2n) is 5.63. The minimum atomic E-state index is -2.93. The fraction of sp³-hybridized carbons (Fsp3) is 0.692. The summed E-state index contributed by atoms with van der Waals surface area (Å²) in [4.78, 5) is 8.80. The van der Waals surface area contributed by atoms with Crippen LogP contribution >= 0.6 is 11.6 Å². The number of anilines is 1. The molecule has 2 heterocycles. The van der Waals surface area contributed by atoms with Crippen LogP contribution in [-0.2, 0) is 9.84 Å². The highest BCUT2D eigenvalue weighted by Gasteiger charge is 2.32. The molecule has 1 aromatic rings. The van der Waals surface area contributed by atoms with Crippen molar-refractivity contribution in [3.63, 3.8) is 0 Å². The SMILES string of the molecule is Cc1c(Cl)nc(C2CC2)nc1NCC1CCCS1(=O)=O. The number of halogens is 1. The summed E-state index contributed by atoms with van der Waals surface area (Å²) in [5, 5.41) is 3.31. The van der Waals surface area contributed by atoms with Gasteiger partial charge >= 0.3 is 0 Å². The Morgan fingerprint density at radius 3 is 2.65 bits per heavy atom. The Bertz CT molecular complexity index is 629. The first-order chi connectivity index (χ1) is 9.47. The van der Waals surface area contributed by atoms with E-state index >= 15 is 0 Å². The second-order valence-corrected chi connectivity index (χ2v) is 8.39. The van der Waals surface area contributed by atoms with Gasteiger partial charge in [-0.25, -0.2) is 18.4 Å². The Kier molecular flexibility index (Phi) is 3.62. The molecule has 1 aromatic heterocycles. The van der Waals surface area contributed by atoms with Crippen molar-refractivity contribution in [1.82, 2.24) is 9.97 Å². The Balaban J connectivity index is 1.76. The third-order valence-electron chi connectivity index (χ3n) is 4.01. The normalized spacial score (nSPS) is 24.8. The van der Waals surface area contributed by atoms with Gasteiger partial charge in [0.25, 0.3) is 0 Å². The molecule has 5 nitrogen and oxygen atoms in total. The monoisotopic (exact) mass is 315 g/mol. The fourth-order valence-corrected chi connectivity index (χ4v) is 4.44. The van der Waals surface area contributed by atoms with E-state index in [0.717, 1.165) is 37.1 Å². The molecule has 1 saturated heterocycles. The quantitative estimate of drug-likeness (QED) is 0.863. The zero-order valence-corrected chi connectivity index (χ0v) is 13.0. The van der Waals surface area contributed by atoms with Crippen molar-refractivity contribution in [3.8, 4) is 0 Å². The maximum Gasteiger partial charge on any atom is 0.154 e. The van der Waals surface area contributed by atoms with E-state index < -0.39 is 9.84 Å². The molecule has 1 aliphatic heterocycles. The maximum atomic E-state index is 11.8. The Morgan fingerprint density at radius 1 is 1.30 bits per heavy atom. The van der Waals surface area contributed by atoms with Crippen molar-refractivity contribution in [2.45, 2.75) is 43.8 Å². The van der Waals surface area contributed by atoms with E-state index in [1.165, 1.54) is 0 Å². The molecule has 0 amide bonds. The summed E-state index contributed by atoms with van der Waals surface area (Å²) in [5.41, 5.74) is 0.784. The van der Waals surface area contributed by atoms with E-state index in [1.54, 1.807) is 0 Å². The zero-order valence-electron chi connectivity index (χ0n) is 11.4. The molecule has 7 heteroatoms. The first-order valence-electron chi connectivity index (χ1n) is 6.97. The molecule has 110 valence electrons. The van der Waals surface area contributed by atoms with E-state index in [4.69, 9.17) is 11.6 Å². The number of nitrogens with one attached hydrogen (secondary N) is 1. The smallest absolute Gasteiger partial charge is 0.154 e. The number of sulfone groups is 1. The van der Waals surface area contributed by atoms with E-state index in [-0.39, 0.29) is 5.25 Å². The van der Waals surface area contributed by atoms with Gasteiger partial charge in [-0.1, -0.05) is 11.6 Å². The maximum absolute atomic E-state index is 11.8. The van der Waals surface area contributed by atoms with Crippen LogP contribution in [0, 0.1) is 6.92 Å². The molecule has 1 atom stereocenters. The molecule has 2 fully saturated rings. The fourth-order valence-electron chi connectivity index (χ4n) is 2.50. The Hall–Kier alpha value is -0.880. The number of nitrogens with zero attached hydrogens (tertiary/aromatic N) is 2. The van der Waals surface area contributed by atoms with Crippen molar-refractivity contribution >= 4 is 27.3 Å². The summed E-state index contributed by atoms with van der Waals surface area (Å²) >= 11 is 6.13. The minimum Gasteiger partial charge on any atom is -0.368 e. The standard InChI is InChI=1S/C13H18ClN3O2S/c1-8-11(14)16-13(9-4-5-9)17-12(8)15-7-10-3-2-6-20(10,18)19/h9-10H,2-7H2,1H3,(H,15,16,17). The molecule has 0 bridgehead atoms. The van der Waals surface area contributed by atoms with Crippen molar-refractivity contribution in [2.24, 2.45) is 0 Å². The molecular formula is C13H18ClN3O2S. The van der Waals surface area contributed by atoms with Gasteiger partial charge in [0, 0.05) is 18.0 Å². The third kappa shape index (κ3) is 2.76. The van der Waals surface area contributed by atoms with Gasteiger partial charge in [-0.2, -0.15) is 0 Å². The highest BCUT2D eigenvalue weighted by molar-refractivity contribution is 7.92. The third-order valence-corrected chi connectivity index (χ3v) is 6.65. The van der Waals surface area contributed by atoms with Gasteiger partial charge in [0.2, 0.25) is 0 Å². The first kappa shape index (κ1) is 14.1. The van der Waals surface area contributed by atoms with Crippen molar-refractivity contribution < 1.29 is 8.42 Å². The van der Waals surface area contributed by atoms with Crippen LogP contribution < -0.4 is 5.32 Å². The summed E-state index contributed by atoms with van der Waals surface area (Å²) in [6.07, 6.45) is 3.69. The van der Waals surface area contributed by atoms with E-state index in [0.29, 0.717) is 29.2 Å². The van der Waals surface area contributed by atoms with Gasteiger partial charge in [-0.05, 0) is 32.6 Å². The average molecular weight is 316 g/mol. The molecule has 1 unspecified atom stereocenters.